The van der Waals surface area contributed by atoms with Crippen LogP contribution in [0.1, 0.15) is 13.8 Å². The average molecular weight is 176 g/mol. The molecule has 1 saturated heterocycles. The number of methoxy groups -OCH3 is 1. The minimum Gasteiger partial charge on any atom is -0.390 e. The van der Waals surface area contributed by atoms with Gasteiger partial charge in [-0.2, -0.15) is 0 Å². The molecule has 0 bridgehead atoms. The van der Waals surface area contributed by atoms with Crippen molar-refractivity contribution in [2.75, 3.05) is 7.11 Å². The molecule has 0 amide bonds. The molecule has 5 atom stereocenters. The number of hydrogen-bond acceptors (Lipinski definition) is 4. The molecule has 72 valence electrons. The van der Waals surface area contributed by atoms with Crippen LogP contribution in [0.5, 0.6) is 0 Å². The molecule has 1 fully saturated rings. The molecular weight excluding hydrogens is 160 g/mol. The summed E-state index contributed by atoms with van der Waals surface area (Å²) >= 11 is 0. The van der Waals surface area contributed by atoms with Gasteiger partial charge < -0.3 is 19.7 Å². The summed E-state index contributed by atoms with van der Waals surface area (Å²) in [5.74, 6) is -0.0635. The molecule has 0 spiro atoms. The van der Waals surface area contributed by atoms with Crippen LogP contribution in [0.15, 0.2) is 0 Å². The Bertz CT molecular complexity index is 145. The third-order valence-electron chi connectivity index (χ3n) is 2.49. The van der Waals surface area contributed by atoms with E-state index in [2.05, 4.69) is 0 Å². The Kier molecular flexibility index (Phi) is 3.06. The van der Waals surface area contributed by atoms with E-state index in [1.807, 2.05) is 13.8 Å². The number of aliphatic hydroxyl groups is 2. The number of aliphatic hydroxyl groups excluding tert-OH is 2. The van der Waals surface area contributed by atoms with Crippen LogP contribution in [0, 0.1) is 5.92 Å². The van der Waals surface area contributed by atoms with Crippen LogP contribution in [0.4, 0.5) is 0 Å². The fourth-order valence-corrected chi connectivity index (χ4v) is 1.36. The normalized spacial score (nSPS) is 49.2. The van der Waals surface area contributed by atoms with Crippen molar-refractivity contribution in [3.63, 3.8) is 0 Å². The highest BCUT2D eigenvalue weighted by molar-refractivity contribution is 4.84. The maximum atomic E-state index is 9.51. The van der Waals surface area contributed by atoms with Gasteiger partial charge in [-0.3, -0.25) is 0 Å². The van der Waals surface area contributed by atoms with Gasteiger partial charge in [0.2, 0.25) is 0 Å². The largest absolute Gasteiger partial charge is 0.390 e. The zero-order chi connectivity index (χ0) is 9.30. The Morgan fingerprint density at radius 3 is 2.25 bits per heavy atom. The van der Waals surface area contributed by atoms with E-state index < -0.39 is 18.5 Å². The van der Waals surface area contributed by atoms with Gasteiger partial charge in [0.25, 0.3) is 0 Å². The van der Waals surface area contributed by atoms with Crippen LogP contribution in [-0.2, 0) is 9.47 Å². The molecule has 1 rings (SSSR count). The van der Waals surface area contributed by atoms with Gasteiger partial charge in [0.1, 0.15) is 6.10 Å². The van der Waals surface area contributed by atoms with Gasteiger partial charge in [0.15, 0.2) is 6.29 Å². The lowest BCUT2D eigenvalue weighted by Crippen LogP contribution is -2.53. The Morgan fingerprint density at radius 2 is 1.75 bits per heavy atom. The molecule has 0 aromatic rings. The van der Waals surface area contributed by atoms with E-state index in [0.29, 0.717) is 0 Å². The highest BCUT2D eigenvalue weighted by Crippen LogP contribution is 2.25. The topological polar surface area (TPSA) is 58.9 Å². The summed E-state index contributed by atoms with van der Waals surface area (Å²) in [7, 11) is 1.45. The van der Waals surface area contributed by atoms with Gasteiger partial charge in [0, 0.05) is 13.0 Å². The van der Waals surface area contributed by atoms with Crippen molar-refractivity contribution in [2.24, 2.45) is 5.92 Å². The average Bonchev–Trinajstić information content (AvgIpc) is 2.08. The van der Waals surface area contributed by atoms with Crippen LogP contribution in [0.3, 0.4) is 0 Å². The van der Waals surface area contributed by atoms with E-state index in [0.717, 1.165) is 0 Å². The monoisotopic (exact) mass is 176 g/mol. The first-order valence-electron chi connectivity index (χ1n) is 4.12. The van der Waals surface area contributed by atoms with Crippen molar-refractivity contribution in [3.8, 4) is 0 Å². The Balaban J connectivity index is 2.63. The quantitative estimate of drug-likeness (QED) is 0.577. The van der Waals surface area contributed by atoms with Crippen LogP contribution < -0.4 is 0 Å². The summed E-state index contributed by atoms with van der Waals surface area (Å²) < 4.78 is 10.2. The molecule has 1 heterocycles. The summed E-state index contributed by atoms with van der Waals surface area (Å²) in [5.41, 5.74) is 0. The van der Waals surface area contributed by atoms with Gasteiger partial charge in [-0.05, 0) is 6.92 Å². The summed E-state index contributed by atoms with van der Waals surface area (Å²) in [5, 5.41) is 18.9. The Morgan fingerprint density at radius 1 is 1.17 bits per heavy atom. The SMILES string of the molecule is COC1OC(C)[C@@H](C)C(O)C1O. The van der Waals surface area contributed by atoms with E-state index in [-0.39, 0.29) is 12.0 Å². The van der Waals surface area contributed by atoms with Crippen LogP contribution >= 0.6 is 0 Å². The van der Waals surface area contributed by atoms with Crippen molar-refractivity contribution in [2.45, 2.75) is 38.4 Å². The van der Waals surface area contributed by atoms with E-state index >= 15 is 0 Å². The zero-order valence-electron chi connectivity index (χ0n) is 7.60. The van der Waals surface area contributed by atoms with Crippen molar-refractivity contribution in [1.82, 2.24) is 0 Å². The Labute approximate surface area is 72.1 Å². The zero-order valence-corrected chi connectivity index (χ0v) is 7.60. The smallest absolute Gasteiger partial charge is 0.185 e. The summed E-state index contributed by atoms with van der Waals surface area (Å²) in [6, 6.07) is 0. The fourth-order valence-electron chi connectivity index (χ4n) is 1.36. The lowest BCUT2D eigenvalue weighted by atomic mass is 9.92. The van der Waals surface area contributed by atoms with Crippen molar-refractivity contribution in [1.29, 1.82) is 0 Å². The third kappa shape index (κ3) is 1.61. The van der Waals surface area contributed by atoms with Gasteiger partial charge in [-0.15, -0.1) is 0 Å². The molecule has 1 aliphatic heterocycles. The predicted molar refractivity (Wildman–Crippen MR) is 42.5 cm³/mol. The van der Waals surface area contributed by atoms with Gasteiger partial charge in [-0.25, -0.2) is 0 Å². The van der Waals surface area contributed by atoms with Crippen molar-refractivity contribution in [3.05, 3.63) is 0 Å². The predicted octanol–water partition coefficient (Wildman–Crippen LogP) is -0.264. The highest BCUT2D eigenvalue weighted by atomic mass is 16.7. The molecule has 12 heavy (non-hydrogen) atoms. The first-order valence-corrected chi connectivity index (χ1v) is 4.12. The molecule has 0 aromatic carbocycles. The molecule has 0 saturated carbocycles. The molecule has 4 heteroatoms. The van der Waals surface area contributed by atoms with Crippen LogP contribution in [0.25, 0.3) is 0 Å². The summed E-state index contributed by atoms with van der Waals surface area (Å²) in [6.45, 7) is 3.69. The van der Waals surface area contributed by atoms with Crippen molar-refractivity contribution >= 4 is 0 Å². The number of rotatable bonds is 1. The van der Waals surface area contributed by atoms with Gasteiger partial charge >= 0.3 is 0 Å². The molecule has 0 aromatic heterocycles. The second-order valence-electron chi connectivity index (χ2n) is 3.29. The molecule has 0 aliphatic carbocycles. The minimum atomic E-state index is -0.943. The maximum absolute atomic E-state index is 9.51. The van der Waals surface area contributed by atoms with E-state index in [9.17, 15) is 10.2 Å². The van der Waals surface area contributed by atoms with Gasteiger partial charge in [0.05, 0.1) is 12.2 Å². The van der Waals surface area contributed by atoms with E-state index in [4.69, 9.17) is 9.47 Å². The van der Waals surface area contributed by atoms with Crippen LogP contribution in [-0.4, -0.2) is 41.9 Å². The van der Waals surface area contributed by atoms with Gasteiger partial charge in [-0.1, -0.05) is 6.92 Å². The minimum absolute atomic E-state index is 0.0635. The first-order chi connectivity index (χ1) is 5.57. The molecule has 4 nitrogen and oxygen atoms in total. The number of ether oxygens (including phenoxy) is 2. The van der Waals surface area contributed by atoms with E-state index in [1.54, 1.807) is 0 Å². The van der Waals surface area contributed by atoms with Crippen molar-refractivity contribution < 1.29 is 19.7 Å². The van der Waals surface area contributed by atoms with E-state index in [1.165, 1.54) is 7.11 Å². The molecule has 0 radical (unpaired) electrons. The first kappa shape index (κ1) is 9.92. The standard InChI is InChI=1S/C8H16O4/c1-4-5(2)12-8(11-3)7(10)6(4)9/h4-10H,1-3H3/t4-,5?,6?,7?,8?/m1/s1. The summed E-state index contributed by atoms with van der Waals surface area (Å²) in [6.07, 6.45) is -2.50. The third-order valence-corrected chi connectivity index (χ3v) is 2.49. The molecular formula is C8H16O4. The lowest BCUT2D eigenvalue weighted by molar-refractivity contribution is -0.271. The lowest BCUT2D eigenvalue weighted by Gasteiger charge is -2.39. The highest BCUT2D eigenvalue weighted by Gasteiger charge is 2.40. The fraction of sp³-hybridized carbons (Fsp3) is 1.00. The second-order valence-corrected chi connectivity index (χ2v) is 3.29. The second kappa shape index (κ2) is 3.70. The summed E-state index contributed by atoms with van der Waals surface area (Å²) in [4.78, 5) is 0. The molecule has 4 unspecified atom stereocenters. The molecule has 1 aliphatic rings. The number of hydrogen-bond donors (Lipinski definition) is 2. The molecule has 2 N–H and O–H groups in total. The Hall–Kier alpha value is -0.160. The maximum Gasteiger partial charge on any atom is 0.185 e. The van der Waals surface area contributed by atoms with Crippen LogP contribution in [0.2, 0.25) is 0 Å².